The van der Waals surface area contributed by atoms with Crippen molar-refractivity contribution in [1.82, 2.24) is 19.6 Å². The third-order valence-electron chi connectivity index (χ3n) is 9.01. The first-order valence-corrected chi connectivity index (χ1v) is 17.3. The number of nitrogens with zero attached hydrogens (tertiary/aromatic N) is 4. The highest BCUT2D eigenvalue weighted by Crippen LogP contribution is 2.29. The number of rotatable bonds is 12. The molecule has 1 aromatic heterocycles. The normalized spacial score (nSPS) is 13.9. The summed E-state index contributed by atoms with van der Waals surface area (Å²) in [4.78, 5) is 44.8. The van der Waals surface area contributed by atoms with Crippen LogP contribution in [0.25, 0.3) is 5.69 Å². The summed E-state index contributed by atoms with van der Waals surface area (Å²) in [6.07, 6.45) is 4.26. The van der Waals surface area contributed by atoms with E-state index in [0.717, 1.165) is 42.4 Å². The van der Waals surface area contributed by atoms with E-state index in [2.05, 4.69) is 24.5 Å². The first-order valence-electron chi connectivity index (χ1n) is 17.0. The molecule has 10 nitrogen and oxygen atoms in total. The van der Waals surface area contributed by atoms with Crippen LogP contribution in [0.5, 0.6) is 0 Å². The summed E-state index contributed by atoms with van der Waals surface area (Å²) in [5, 5.41) is 21.3. The summed E-state index contributed by atoms with van der Waals surface area (Å²) < 4.78 is 1.61. The van der Waals surface area contributed by atoms with Crippen LogP contribution in [0.2, 0.25) is 5.02 Å². The maximum atomic E-state index is 14.5. The van der Waals surface area contributed by atoms with Crippen molar-refractivity contribution in [2.45, 2.75) is 72.4 Å². The Kier molecular flexibility index (Phi) is 11.7. The second-order valence-electron chi connectivity index (χ2n) is 12.5. The maximum absolute atomic E-state index is 14.5. The molecular formula is C38H45ClN6O4. The van der Waals surface area contributed by atoms with E-state index in [0.29, 0.717) is 59.5 Å². The van der Waals surface area contributed by atoms with Crippen LogP contribution in [0.1, 0.15) is 82.8 Å². The molecule has 5 rings (SSSR count). The zero-order chi connectivity index (χ0) is 35.1. The lowest BCUT2D eigenvalue weighted by molar-refractivity contribution is 0.0544. The fraction of sp³-hybridized carbons (Fsp3) is 0.368. The van der Waals surface area contributed by atoms with Gasteiger partial charge in [-0.25, -0.2) is 9.48 Å². The number of anilines is 2. The van der Waals surface area contributed by atoms with Gasteiger partial charge in [-0.15, -0.1) is 0 Å². The zero-order valence-electron chi connectivity index (χ0n) is 28.6. The Labute approximate surface area is 293 Å². The van der Waals surface area contributed by atoms with Crippen LogP contribution >= 0.6 is 11.6 Å². The zero-order valence-corrected chi connectivity index (χ0v) is 29.4. The summed E-state index contributed by atoms with van der Waals surface area (Å²) in [5.74, 6) is -0.468. The molecule has 11 heteroatoms. The molecule has 3 N–H and O–H groups in total. The molecule has 0 aliphatic carbocycles. The second kappa shape index (κ2) is 16.2. The predicted octanol–water partition coefficient (Wildman–Crippen LogP) is 7.39. The average Bonchev–Trinajstić information content (AvgIpc) is 3.50. The number of amides is 4. The lowest BCUT2D eigenvalue weighted by atomic mass is 9.93. The Hall–Kier alpha value is -4.67. The largest absolute Gasteiger partial charge is 0.394 e. The van der Waals surface area contributed by atoms with Gasteiger partial charge in [-0.05, 0) is 86.2 Å². The van der Waals surface area contributed by atoms with E-state index in [9.17, 15) is 19.5 Å². The van der Waals surface area contributed by atoms with Crippen molar-refractivity contribution in [3.8, 4) is 5.69 Å². The topological polar surface area (TPSA) is 120 Å². The van der Waals surface area contributed by atoms with Gasteiger partial charge < -0.3 is 25.5 Å². The number of urea groups is 1. The van der Waals surface area contributed by atoms with Crippen molar-refractivity contribution in [2.24, 2.45) is 0 Å². The third-order valence-corrected chi connectivity index (χ3v) is 9.42. The molecule has 3 aromatic carbocycles. The number of hydrogen-bond acceptors (Lipinski definition) is 5. The first-order chi connectivity index (χ1) is 23.6. The van der Waals surface area contributed by atoms with Crippen LogP contribution in [-0.4, -0.2) is 68.3 Å². The Morgan fingerprint density at radius 2 is 1.65 bits per heavy atom. The minimum absolute atomic E-state index is 0.143. The smallest absolute Gasteiger partial charge is 0.323 e. The number of hydrogen-bond donors (Lipinski definition) is 3. The van der Waals surface area contributed by atoms with Crippen LogP contribution in [0.3, 0.4) is 0 Å². The molecule has 0 bridgehead atoms. The van der Waals surface area contributed by atoms with Crippen LogP contribution in [-0.2, 0) is 13.0 Å². The summed E-state index contributed by atoms with van der Waals surface area (Å²) in [6, 6.07) is 19.0. The molecule has 0 spiro atoms. The van der Waals surface area contributed by atoms with Gasteiger partial charge in [0, 0.05) is 41.7 Å². The van der Waals surface area contributed by atoms with Crippen molar-refractivity contribution >= 4 is 40.8 Å². The van der Waals surface area contributed by atoms with E-state index in [-0.39, 0.29) is 24.0 Å². The third kappa shape index (κ3) is 8.14. The van der Waals surface area contributed by atoms with Gasteiger partial charge in [0.15, 0.2) is 5.69 Å². The highest BCUT2D eigenvalue weighted by Gasteiger charge is 2.32. The van der Waals surface area contributed by atoms with Gasteiger partial charge in [-0.1, -0.05) is 68.6 Å². The summed E-state index contributed by atoms with van der Waals surface area (Å²) in [7, 11) is 0. The quantitative estimate of drug-likeness (QED) is 0.144. The average molecular weight is 685 g/mol. The van der Waals surface area contributed by atoms with Gasteiger partial charge in [0.2, 0.25) is 0 Å². The van der Waals surface area contributed by atoms with Crippen LogP contribution < -0.4 is 10.6 Å². The number of unbranched alkanes of at least 4 members (excludes halogenated alkanes) is 2. The molecule has 0 saturated heterocycles. The number of aliphatic hydroxyl groups is 1. The number of fused-ring (bicyclic) bond motifs is 1. The lowest BCUT2D eigenvalue weighted by Crippen LogP contribution is -2.46. The van der Waals surface area contributed by atoms with Gasteiger partial charge in [0.1, 0.15) is 0 Å². The van der Waals surface area contributed by atoms with Crippen molar-refractivity contribution in [3.05, 3.63) is 105 Å². The molecule has 1 atom stereocenters. The highest BCUT2D eigenvalue weighted by atomic mass is 35.5. The Balaban J connectivity index is 1.52. The van der Waals surface area contributed by atoms with Crippen LogP contribution in [0, 0.1) is 13.8 Å². The summed E-state index contributed by atoms with van der Waals surface area (Å²) >= 11 is 6.25. The summed E-state index contributed by atoms with van der Waals surface area (Å²) in [5.41, 5.74) is 5.50. The Bertz CT molecular complexity index is 1810. The minimum Gasteiger partial charge on any atom is -0.394 e. The highest BCUT2D eigenvalue weighted by molar-refractivity contribution is 6.31. The fourth-order valence-corrected chi connectivity index (χ4v) is 6.31. The number of benzene rings is 3. The van der Waals surface area contributed by atoms with E-state index >= 15 is 0 Å². The number of aryl methyl sites for hydroxylation is 1. The van der Waals surface area contributed by atoms with Gasteiger partial charge in [-0.3, -0.25) is 9.59 Å². The molecule has 0 fully saturated rings. The van der Waals surface area contributed by atoms with Crippen molar-refractivity contribution < 1.29 is 19.5 Å². The van der Waals surface area contributed by atoms with E-state index in [1.807, 2.05) is 43.0 Å². The first kappa shape index (κ1) is 35.6. The molecule has 1 aliphatic heterocycles. The van der Waals surface area contributed by atoms with Gasteiger partial charge >= 0.3 is 6.03 Å². The Morgan fingerprint density at radius 3 is 2.35 bits per heavy atom. The lowest BCUT2D eigenvalue weighted by Gasteiger charge is -2.36. The molecule has 4 amide bonds. The predicted molar refractivity (Wildman–Crippen MR) is 194 cm³/mol. The number of aliphatic hydroxyl groups excluding tert-OH is 1. The second-order valence-corrected chi connectivity index (χ2v) is 13.0. The monoisotopic (exact) mass is 684 g/mol. The molecule has 4 aromatic rings. The molecule has 49 heavy (non-hydrogen) atoms. The van der Waals surface area contributed by atoms with Crippen molar-refractivity contribution in [1.29, 1.82) is 0 Å². The van der Waals surface area contributed by atoms with E-state index in [1.54, 1.807) is 52.0 Å². The standard InChI is InChI=1S/C38H45ClN6O4/c1-5-7-18-43(19-8-6-2)37(48)34-20-25(3)45(42-34)35-17-16-29(40-38(49)41-33-15-11-14-32(39)26(33)4)22-31(35)36(47)44-23-28-13-10-9-12-27(28)21-30(44)24-46/h9-17,20,22,30,46H,5-8,18-19,21,23-24H2,1-4H3,(H2,40,41,49). The van der Waals surface area contributed by atoms with Gasteiger partial charge in [-0.2, -0.15) is 5.10 Å². The molecule has 2 heterocycles. The van der Waals surface area contributed by atoms with Crippen molar-refractivity contribution in [2.75, 3.05) is 30.3 Å². The number of nitrogens with one attached hydrogen (secondary N) is 2. The molecule has 0 radical (unpaired) electrons. The number of carbonyl (C=O) groups excluding carboxylic acids is 3. The molecule has 1 aliphatic rings. The number of aromatic nitrogens is 2. The Morgan fingerprint density at radius 1 is 0.939 bits per heavy atom. The number of halogens is 1. The molecule has 1 unspecified atom stereocenters. The SMILES string of the molecule is CCCCN(CCCC)C(=O)c1cc(C)n(-c2ccc(NC(=O)Nc3cccc(Cl)c3C)cc2C(=O)N2Cc3ccccc3CC2CO)n1. The molecular weight excluding hydrogens is 640 g/mol. The van der Waals surface area contributed by atoms with Gasteiger partial charge in [0.05, 0.1) is 23.9 Å². The fourth-order valence-electron chi connectivity index (χ4n) is 6.14. The van der Waals surface area contributed by atoms with Gasteiger partial charge in [0.25, 0.3) is 11.8 Å². The van der Waals surface area contributed by atoms with Crippen LogP contribution in [0.4, 0.5) is 16.2 Å². The van der Waals surface area contributed by atoms with E-state index in [1.165, 1.54) is 0 Å². The number of carbonyl (C=O) groups is 3. The van der Waals surface area contributed by atoms with Crippen LogP contribution in [0.15, 0.2) is 66.7 Å². The van der Waals surface area contributed by atoms with E-state index < -0.39 is 12.1 Å². The molecule has 0 saturated carbocycles. The molecule has 258 valence electrons. The van der Waals surface area contributed by atoms with E-state index in [4.69, 9.17) is 16.7 Å². The van der Waals surface area contributed by atoms with Crippen molar-refractivity contribution in [3.63, 3.8) is 0 Å². The minimum atomic E-state index is -0.501. The summed E-state index contributed by atoms with van der Waals surface area (Å²) in [6.45, 7) is 9.28. The maximum Gasteiger partial charge on any atom is 0.323 e.